The van der Waals surface area contributed by atoms with Crippen molar-refractivity contribution in [2.75, 3.05) is 6.54 Å². The molecule has 1 aromatic rings. The van der Waals surface area contributed by atoms with Crippen molar-refractivity contribution in [1.82, 2.24) is 10.6 Å². The lowest BCUT2D eigenvalue weighted by molar-refractivity contribution is -0.147. The van der Waals surface area contributed by atoms with Gasteiger partial charge in [0.25, 0.3) is 0 Å². The second kappa shape index (κ2) is 12.4. The lowest BCUT2D eigenvalue weighted by Gasteiger charge is -2.22. The number of nitrogens with two attached hydrogens (primary N) is 2. The zero-order chi connectivity index (χ0) is 22.7. The Bertz CT molecular complexity index is 739. The molecule has 11 nitrogen and oxygen atoms in total. The van der Waals surface area contributed by atoms with Crippen molar-refractivity contribution in [3.05, 3.63) is 29.8 Å². The molecular weight excluding hydrogens is 396 g/mol. The third kappa shape index (κ3) is 8.88. The van der Waals surface area contributed by atoms with Gasteiger partial charge >= 0.3 is 11.9 Å². The summed E-state index contributed by atoms with van der Waals surface area (Å²) in [6, 6.07) is 2.41. The maximum atomic E-state index is 12.5. The van der Waals surface area contributed by atoms with Gasteiger partial charge in [-0.2, -0.15) is 0 Å². The van der Waals surface area contributed by atoms with E-state index in [2.05, 4.69) is 10.6 Å². The number of nitrogens with one attached hydrogen (secondary N) is 2. The molecule has 30 heavy (non-hydrogen) atoms. The highest BCUT2D eigenvalue weighted by Gasteiger charge is 2.29. The molecule has 166 valence electrons. The van der Waals surface area contributed by atoms with E-state index in [0.29, 0.717) is 24.9 Å². The summed E-state index contributed by atoms with van der Waals surface area (Å²) in [7, 11) is 0. The number of phenolic OH excluding ortho intramolecular Hbond substituents is 1. The molecule has 0 aliphatic rings. The third-order valence-corrected chi connectivity index (χ3v) is 4.30. The van der Waals surface area contributed by atoms with Crippen LogP contribution in [0.5, 0.6) is 5.75 Å². The predicted octanol–water partition coefficient (Wildman–Crippen LogP) is -1.08. The van der Waals surface area contributed by atoms with Crippen molar-refractivity contribution in [2.45, 2.75) is 50.2 Å². The van der Waals surface area contributed by atoms with Crippen LogP contribution < -0.4 is 22.1 Å². The van der Waals surface area contributed by atoms with Crippen LogP contribution in [-0.4, -0.2) is 63.7 Å². The van der Waals surface area contributed by atoms with Gasteiger partial charge in [-0.15, -0.1) is 0 Å². The van der Waals surface area contributed by atoms with Crippen LogP contribution in [-0.2, 0) is 25.6 Å². The van der Waals surface area contributed by atoms with Gasteiger partial charge in [0.15, 0.2) is 0 Å². The monoisotopic (exact) mass is 424 g/mol. The van der Waals surface area contributed by atoms with Gasteiger partial charge in [-0.3, -0.25) is 14.4 Å². The fraction of sp³-hybridized carbons (Fsp3) is 0.474. The number of aliphatic carboxylic acids is 2. The summed E-state index contributed by atoms with van der Waals surface area (Å²) in [5.41, 5.74) is 12.1. The number of amides is 2. The van der Waals surface area contributed by atoms with Crippen LogP contribution in [0.15, 0.2) is 24.3 Å². The first-order chi connectivity index (χ1) is 14.1. The molecule has 9 N–H and O–H groups in total. The van der Waals surface area contributed by atoms with E-state index in [1.165, 1.54) is 12.1 Å². The molecule has 1 aromatic carbocycles. The van der Waals surface area contributed by atoms with Gasteiger partial charge in [0.05, 0.1) is 12.5 Å². The number of carbonyl (C=O) groups excluding carboxylic acids is 2. The molecule has 3 atom stereocenters. The third-order valence-electron chi connectivity index (χ3n) is 4.30. The smallest absolute Gasteiger partial charge is 0.326 e. The first-order valence-corrected chi connectivity index (χ1v) is 9.43. The summed E-state index contributed by atoms with van der Waals surface area (Å²) in [6.07, 6.45) is 0.598. The number of hydrogen-bond acceptors (Lipinski definition) is 7. The van der Waals surface area contributed by atoms with Crippen LogP contribution in [0.2, 0.25) is 0 Å². The van der Waals surface area contributed by atoms with E-state index < -0.39 is 48.3 Å². The molecule has 2 amide bonds. The van der Waals surface area contributed by atoms with Crippen LogP contribution in [0.4, 0.5) is 0 Å². The molecule has 0 bridgehead atoms. The van der Waals surface area contributed by atoms with Gasteiger partial charge in [0, 0.05) is 0 Å². The van der Waals surface area contributed by atoms with Crippen LogP contribution in [0.3, 0.4) is 0 Å². The second-order valence-electron chi connectivity index (χ2n) is 6.82. The lowest BCUT2D eigenvalue weighted by atomic mass is 10.0. The summed E-state index contributed by atoms with van der Waals surface area (Å²) in [4.78, 5) is 47.0. The Kier molecular flexibility index (Phi) is 10.3. The molecule has 0 saturated carbocycles. The Morgan fingerprint density at radius 1 is 0.933 bits per heavy atom. The standard InChI is InChI=1S/C19H28N4O7/c20-8-2-1-3-14(18(28)23-15(19(29)30)10-16(25)26)22-17(27)13(21)9-11-4-6-12(24)7-5-11/h4-7,13-15,24H,1-3,8-10,20-21H2,(H,22,27)(H,23,28)(H,25,26)(H,29,30)/t13-,14-,15-/m0/s1. The van der Waals surface area contributed by atoms with Crippen molar-refractivity contribution in [3.63, 3.8) is 0 Å². The number of aromatic hydroxyl groups is 1. The zero-order valence-electron chi connectivity index (χ0n) is 16.4. The Morgan fingerprint density at radius 3 is 2.07 bits per heavy atom. The van der Waals surface area contributed by atoms with Gasteiger partial charge in [-0.1, -0.05) is 12.1 Å². The lowest BCUT2D eigenvalue weighted by Crippen LogP contribution is -2.55. The summed E-state index contributed by atoms with van der Waals surface area (Å²) < 4.78 is 0. The SMILES string of the molecule is NCCCC[C@H](NC(=O)[C@@H](N)Cc1ccc(O)cc1)C(=O)N[C@@H](CC(=O)O)C(=O)O. The number of carboxylic acid groups (broad SMARTS) is 2. The summed E-state index contributed by atoms with van der Waals surface area (Å²) in [5.74, 6) is -4.25. The Morgan fingerprint density at radius 2 is 1.53 bits per heavy atom. The van der Waals surface area contributed by atoms with Crippen molar-refractivity contribution in [1.29, 1.82) is 0 Å². The average molecular weight is 424 g/mol. The summed E-state index contributed by atoms with van der Waals surface area (Å²) in [6.45, 7) is 0.374. The van der Waals surface area contributed by atoms with Crippen LogP contribution in [0.1, 0.15) is 31.2 Å². The molecule has 0 aliphatic carbocycles. The van der Waals surface area contributed by atoms with Crippen LogP contribution in [0, 0.1) is 0 Å². The minimum atomic E-state index is -1.63. The first kappa shape index (κ1) is 24.9. The maximum absolute atomic E-state index is 12.5. The van der Waals surface area contributed by atoms with Crippen LogP contribution >= 0.6 is 0 Å². The first-order valence-electron chi connectivity index (χ1n) is 9.43. The molecule has 0 heterocycles. The van der Waals surface area contributed by atoms with Crippen molar-refractivity contribution in [2.24, 2.45) is 11.5 Å². The fourth-order valence-electron chi connectivity index (χ4n) is 2.67. The number of unbranched alkanes of at least 4 members (excludes halogenated alkanes) is 1. The highest BCUT2D eigenvalue weighted by atomic mass is 16.4. The van der Waals surface area contributed by atoms with Gasteiger partial charge in [-0.25, -0.2) is 4.79 Å². The Balaban J connectivity index is 2.80. The van der Waals surface area contributed by atoms with E-state index in [1.807, 2.05) is 0 Å². The zero-order valence-corrected chi connectivity index (χ0v) is 16.4. The minimum Gasteiger partial charge on any atom is -0.508 e. The van der Waals surface area contributed by atoms with E-state index in [1.54, 1.807) is 12.1 Å². The van der Waals surface area contributed by atoms with Gasteiger partial charge in [0.2, 0.25) is 11.8 Å². The largest absolute Gasteiger partial charge is 0.508 e. The highest BCUT2D eigenvalue weighted by Crippen LogP contribution is 2.11. The van der Waals surface area contributed by atoms with Crippen molar-refractivity contribution in [3.8, 4) is 5.75 Å². The molecule has 0 spiro atoms. The van der Waals surface area contributed by atoms with Crippen LogP contribution in [0.25, 0.3) is 0 Å². The van der Waals surface area contributed by atoms with E-state index in [-0.39, 0.29) is 18.6 Å². The predicted molar refractivity (Wildman–Crippen MR) is 106 cm³/mol. The highest BCUT2D eigenvalue weighted by molar-refractivity contribution is 5.92. The fourth-order valence-corrected chi connectivity index (χ4v) is 2.67. The normalized spacial score (nSPS) is 13.7. The number of carbonyl (C=O) groups is 4. The van der Waals surface area contributed by atoms with E-state index >= 15 is 0 Å². The van der Waals surface area contributed by atoms with E-state index in [4.69, 9.17) is 21.7 Å². The van der Waals surface area contributed by atoms with Crippen molar-refractivity contribution >= 4 is 23.8 Å². The van der Waals surface area contributed by atoms with Crippen molar-refractivity contribution < 1.29 is 34.5 Å². The molecule has 0 radical (unpaired) electrons. The molecule has 11 heteroatoms. The molecule has 0 unspecified atom stereocenters. The topological polar surface area (TPSA) is 205 Å². The summed E-state index contributed by atoms with van der Waals surface area (Å²) >= 11 is 0. The van der Waals surface area contributed by atoms with E-state index in [9.17, 15) is 24.3 Å². The summed E-state index contributed by atoms with van der Waals surface area (Å²) in [5, 5.41) is 31.8. The van der Waals surface area contributed by atoms with E-state index in [0.717, 1.165) is 0 Å². The number of carboxylic acids is 2. The van der Waals surface area contributed by atoms with Gasteiger partial charge < -0.3 is 37.4 Å². The minimum absolute atomic E-state index is 0.0720. The number of benzene rings is 1. The Labute approximate surface area is 173 Å². The average Bonchev–Trinajstić information content (AvgIpc) is 2.67. The molecule has 0 aromatic heterocycles. The molecule has 0 fully saturated rings. The number of phenols is 1. The number of rotatable bonds is 13. The number of hydrogen-bond donors (Lipinski definition) is 7. The van der Waals surface area contributed by atoms with Gasteiger partial charge in [-0.05, 0) is 49.9 Å². The Hall–Kier alpha value is -3.18. The molecule has 0 aliphatic heterocycles. The quantitative estimate of drug-likeness (QED) is 0.192. The molecular formula is C19H28N4O7. The molecule has 0 saturated heterocycles. The maximum Gasteiger partial charge on any atom is 0.326 e. The second-order valence-corrected chi connectivity index (χ2v) is 6.82. The van der Waals surface area contributed by atoms with Gasteiger partial charge in [0.1, 0.15) is 17.8 Å². The molecule has 1 rings (SSSR count).